The number of hydrogen-bond acceptors (Lipinski definition) is 1. The van der Waals surface area contributed by atoms with Crippen LogP contribution in [0.4, 0.5) is 0 Å². The first-order chi connectivity index (χ1) is 5.81. The molecule has 0 N–H and O–H groups in total. The summed E-state index contributed by atoms with van der Waals surface area (Å²) >= 11 is 3.46. The van der Waals surface area contributed by atoms with Crippen molar-refractivity contribution in [1.82, 2.24) is 0 Å². The minimum atomic E-state index is 0.903. The summed E-state index contributed by atoms with van der Waals surface area (Å²) in [6.45, 7) is 0. The van der Waals surface area contributed by atoms with Crippen LogP contribution in [-0.2, 0) is 6.42 Å². The fraction of sp³-hybridized carbons (Fsp3) is 0.200. The summed E-state index contributed by atoms with van der Waals surface area (Å²) in [5.41, 5.74) is 2.64. The maximum absolute atomic E-state index is 5.19. The first-order valence-corrected chi connectivity index (χ1v) is 4.63. The number of ether oxygens (including phenoxy) is 1. The maximum Gasteiger partial charge on any atom is 0.133 e. The third-order valence-corrected chi connectivity index (χ3v) is 2.67. The van der Waals surface area contributed by atoms with E-state index in [-0.39, 0.29) is 0 Å². The van der Waals surface area contributed by atoms with Gasteiger partial charge < -0.3 is 4.74 Å². The number of rotatable bonds is 1. The van der Waals surface area contributed by atoms with Crippen LogP contribution in [0.25, 0.3) is 6.08 Å². The van der Waals surface area contributed by atoms with E-state index in [0.29, 0.717) is 0 Å². The molecule has 62 valence electrons. The lowest BCUT2D eigenvalue weighted by molar-refractivity contribution is 0.412. The van der Waals surface area contributed by atoms with E-state index in [4.69, 9.17) is 4.74 Å². The highest BCUT2D eigenvalue weighted by Gasteiger charge is 2.09. The van der Waals surface area contributed by atoms with Gasteiger partial charge in [-0.05, 0) is 45.6 Å². The molecule has 0 bridgehead atoms. The molecule has 0 aliphatic heterocycles. The summed E-state index contributed by atoms with van der Waals surface area (Å²) in [7, 11) is 1.69. The molecule has 1 aromatic carbocycles. The first-order valence-electron chi connectivity index (χ1n) is 3.84. The summed E-state index contributed by atoms with van der Waals surface area (Å²) in [5, 5.41) is 0. The predicted octanol–water partition coefficient (Wildman–Crippen LogP) is 3.03. The van der Waals surface area contributed by atoms with Crippen molar-refractivity contribution >= 4 is 22.0 Å². The molecular formula is C10H9BrO. The molecule has 2 rings (SSSR count). The normalized spacial score (nSPS) is 13.2. The zero-order valence-corrected chi connectivity index (χ0v) is 8.39. The Bertz CT molecular complexity index is 342. The quantitative estimate of drug-likeness (QED) is 0.713. The van der Waals surface area contributed by atoms with E-state index < -0.39 is 0 Å². The van der Waals surface area contributed by atoms with E-state index in [1.54, 1.807) is 7.11 Å². The van der Waals surface area contributed by atoms with E-state index in [9.17, 15) is 0 Å². The van der Waals surface area contributed by atoms with Crippen LogP contribution < -0.4 is 4.74 Å². The molecule has 0 spiro atoms. The molecule has 0 saturated heterocycles. The fourth-order valence-electron chi connectivity index (χ4n) is 1.41. The van der Waals surface area contributed by atoms with Crippen LogP contribution in [0.3, 0.4) is 0 Å². The lowest BCUT2D eigenvalue weighted by Gasteiger charge is -2.05. The van der Waals surface area contributed by atoms with E-state index in [1.807, 2.05) is 0 Å². The van der Waals surface area contributed by atoms with Crippen molar-refractivity contribution in [2.45, 2.75) is 6.42 Å². The van der Waals surface area contributed by atoms with Crippen LogP contribution in [0.1, 0.15) is 11.1 Å². The minimum absolute atomic E-state index is 0.903. The van der Waals surface area contributed by atoms with E-state index in [1.165, 1.54) is 11.1 Å². The van der Waals surface area contributed by atoms with Gasteiger partial charge in [0, 0.05) is 0 Å². The number of benzene rings is 1. The molecule has 0 fully saturated rings. The SMILES string of the molecule is COc1cc2c(cc1Br)CC=C2. The average molecular weight is 225 g/mol. The Balaban J connectivity index is 2.55. The minimum Gasteiger partial charge on any atom is -0.496 e. The highest BCUT2D eigenvalue weighted by Crippen LogP contribution is 2.31. The van der Waals surface area contributed by atoms with Gasteiger partial charge in [0.25, 0.3) is 0 Å². The first kappa shape index (κ1) is 7.87. The fourth-order valence-corrected chi connectivity index (χ4v) is 1.96. The largest absolute Gasteiger partial charge is 0.496 e. The van der Waals surface area contributed by atoms with Gasteiger partial charge in [-0.1, -0.05) is 12.2 Å². The Morgan fingerprint density at radius 1 is 1.42 bits per heavy atom. The van der Waals surface area contributed by atoms with Crippen LogP contribution in [0.15, 0.2) is 22.7 Å². The van der Waals surface area contributed by atoms with Gasteiger partial charge in [0.1, 0.15) is 5.75 Å². The van der Waals surface area contributed by atoms with Crippen LogP contribution in [-0.4, -0.2) is 7.11 Å². The summed E-state index contributed by atoms with van der Waals surface area (Å²) in [4.78, 5) is 0. The van der Waals surface area contributed by atoms with Gasteiger partial charge in [-0.25, -0.2) is 0 Å². The third-order valence-electron chi connectivity index (χ3n) is 2.05. The second-order valence-corrected chi connectivity index (χ2v) is 3.65. The summed E-state index contributed by atoms with van der Waals surface area (Å²) in [6.07, 6.45) is 5.33. The predicted molar refractivity (Wildman–Crippen MR) is 53.4 cm³/mol. The van der Waals surface area contributed by atoms with Crippen molar-refractivity contribution in [3.05, 3.63) is 33.8 Å². The smallest absolute Gasteiger partial charge is 0.133 e. The molecule has 0 saturated carbocycles. The summed E-state index contributed by atoms with van der Waals surface area (Å²) < 4.78 is 6.22. The standard InChI is InChI=1S/C10H9BrO/c1-12-10-6-8-4-2-3-7(8)5-9(10)11/h2,4-6H,3H2,1H3. The van der Waals surface area contributed by atoms with Gasteiger partial charge >= 0.3 is 0 Å². The molecule has 0 amide bonds. The van der Waals surface area contributed by atoms with Crippen LogP contribution >= 0.6 is 15.9 Å². The number of fused-ring (bicyclic) bond motifs is 1. The second kappa shape index (κ2) is 2.94. The molecule has 1 aliphatic carbocycles. The Kier molecular flexibility index (Phi) is 1.93. The molecule has 0 atom stereocenters. The third kappa shape index (κ3) is 1.16. The summed E-state index contributed by atoms with van der Waals surface area (Å²) in [5.74, 6) is 0.903. The molecule has 0 radical (unpaired) electrons. The van der Waals surface area contributed by atoms with Gasteiger partial charge in [-0.15, -0.1) is 0 Å². The number of allylic oxidation sites excluding steroid dienone is 1. The van der Waals surface area contributed by atoms with Crippen LogP contribution in [0.2, 0.25) is 0 Å². The van der Waals surface area contributed by atoms with Crippen molar-refractivity contribution in [1.29, 1.82) is 0 Å². The topological polar surface area (TPSA) is 9.23 Å². The average Bonchev–Trinajstić information content (AvgIpc) is 2.49. The van der Waals surface area contributed by atoms with Crippen molar-refractivity contribution in [2.24, 2.45) is 0 Å². The zero-order chi connectivity index (χ0) is 8.55. The molecule has 0 unspecified atom stereocenters. The molecule has 0 aromatic heterocycles. The van der Waals surface area contributed by atoms with Gasteiger partial charge in [0.05, 0.1) is 11.6 Å². The lowest BCUT2D eigenvalue weighted by Crippen LogP contribution is -1.88. The van der Waals surface area contributed by atoms with Crippen molar-refractivity contribution in [3.8, 4) is 5.75 Å². The molecule has 1 nitrogen and oxygen atoms in total. The highest BCUT2D eigenvalue weighted by atomic mass is 79.9. The van der Waals surface area contributed by atoms with Crippen molar-refractivity contribution in [2.75, 3.05) is 7.11 Å². The molecule has 1 aromatic rings. The second-order valence-electron chi connectivity index (χ2n) is 2.79. The molecular weight excluding hydrogens is 216 g/mol. The Labute approximate surface area is 80.2 Å². The monoisotopic (exact) mass is 224 g/mol. The zero-order valence-electron chi connectivity index (χ0n) is 6.80. The molecule has 0 heterocycles. The van der Waals surface area contributed by atoms with Crippen molar-refractivity contribution in [3.63, 3.8) is 0 Å². The number of methoxy groups -OCH3 is 1. The van der Waals surface area contributed by atoms with Gasteiger partial charge in [-0.2, -0.15) is 0 Å². The van der Waals surface area contributed by atoms with Crippen molar-refractivity contribution < 1.29 is 4.74 Å². The van der Waals surface area contributed by atoms with Crippen LogP contribution in [0.5, 0.6) is 5.75 Å². The van der Waals surface area contributed by atoms with Gasteiger partial charge in [-0.3, -0.25) is 0 Å². The van der Waals surface area contributed by atoms with E-state index in [0.717, 1.165) is 16.6 Å². The highest BCUT2D eigenvalue weighted by molar-refractivity contribution is 9.10. The molecule has 12 heavy (non-hydrogen) atoms. The summed E-state index contributed by atoms with van der Waals surface area (Å²) in [6, 6.07) is 4.18. The van der Waals surface area contributed by atoms with Crippen LogP contribution in [0, 0.1) is 0 Å². The van der Waals surface area contributed by atoms with E-state index >= 15 is 0 Å². The Morgan fingerprint density at radius 2 is 2.25 bits per heavy atom. The Hall–Kier alpha value is -0.760. The molecule has 2 heteroatoms. The number of halogens is 1. The Morgan fingerprint density at radius 3 is 3.00 bits per heavy atom. The molecule has 1 aliphatic rings. The lowest BCUT2D eigenvalue weighted by atomic mass is 10.1. The van der Waals surface area contributed by atoms with Gasteiger partial charge in [0.15, 0.2) is 0 Å². The van der Waals surface area contributed by atoms with E-state index in [2.05, 4.69) is 40.2 Å². The number of hydrogen-bond donors (Lipinski definition) is 0. The van der Waals surface area contributed by atoms with Gasteiger partial charge in [0.2, 0.25) is 0 Å². The maximum atomic E-state index is 5.19.